The Morgan fingerprint density at radius 3 is 2.53 bits per heavy atom. The van der Waals surface area contributed by atoms with Crippen molar-refractivity contribution in [2.24, 2.45) is 5.92 Å². The van der Waals surface area contributed by atoms with Crippen molar-refractivity contribution in [3.8, 4) is 17.1 Å². The Kier molecular flexibility index (Phi) is 6.87. The summed E-state index contributed by atoms with van der Waals surface area (Å²) in [7, 11) is 0. The van der Waals surface area contributed by atoms with E-state index in [9.17, 15) is 18.0 Å². The zero-order chi connectivity index (χ0) is 25.3. The monoisotopic (exact) mass is 501 g/mol. The van der Waals surface area contributed by atoms with Gasteiger partial charge in [0.25, 0.3) is 0 Å². The lowest BCUT2D eigenvalue weighted by atomic mass is 9.87. The van der Waals surface area contributed by atoms with Crippen molar-refractivity contribution in [1.29, 1.82) is 0 Å². The molecule has 0 radical (unpaired) electrons. The standard InChI is InChI=1S/C26H30F3N5O2/c1-17-5-7-19(8-6-17)31-24-30-12-9-22(32-24)23-16-33(20-10-13-36-14-11-20)25(35)34(23)21-4-2-3-18(15-21)26(27,28)29/h2-4,9,12,15-17,19-20H,5-8,10-11,13-14H2,1H3,(H,30,31,32)/t17-,19-. The van der Waals surface area contributed by atoms with Crippen molar-refractivity contribution in [3.05, 3.63) is 58.8 Å². The average Bonchev–Trinajstić information content (AvgIpc) is 3.23. The summed E-state index contributed by atoms with van der Waals surface area (Å²) in [5, 5.41) is 3.40. The fourth-order valence-electron chi connectivity index (χ4n) is 5.10. The van der Waals surface area contributed by atoms with Gasteiger partial charge in [0.2, 0.25) is 5.95 Å². The van der Waals surface area contributed by atoms with Crippen LogP contribution in [0.25, 0.3) is 17.1 Å². The molecule has 1 saturated heterocycles. The van der Waals surface area contributed by atoms with Crippen molar-refractivity contribution in [1.82, 2.24) is 19.1 Å². The van der Waals surface area contributed by atoms with Gasteiger partial charge in [-0.1, -0.05) is 13.0 Å². The van der Waals surface area contributed by atoms with Crippen LogP contribution in [0.2, 0.25) is 0 Å². The molecule has 2 aromatic heterocycles. The lowest BCUT2D eigenvalue weighted by molar-refractivity contribution is -0.137. The van der Waals surface area contributed by atoms with Crippen LogP contribution in [-0.2, 0) is 10.9 Å². The first-order chi connectivity index (χ1) is 17.3. The number of nitrogens with zero attached hydrogens (tertiary/aromatic N) is 4. The number of imidazole rings is 1. The molecule has 1 N–H and O–H groups in total. The molecule has 0 bridgehead atoms. The molecule has 10 heteroatoms. The Bertz CT molecular complexity index is 1250. The van der Waals surface area contributed by atoms with Crippen LogP contribution < -0.4 is 11.0 Å². The van der Waals surface area contributed by atoms with Crippen molar-refractivity contribution < 1.29 is 17.9 Å². The molecule has 5 rings (SSSR count). The second-order valence-electron chi connectivity index (χ2n) is 9.80. The fourth-order valence-corrected chi connectivity index (χ4v) is 5.10. The molecule has 7 nitrogen and oxygen atoms in total. The summed E-state index contributed by atoms with van der Waals surface area (Å²) in [5.74, 6) is 1.16. The first kappa shape index (κ1) is 24.5. The van der Waals surface area contributed by atoms with Gasteiger partial charge in [0.15, 0.2) is 0 Å². The summed E-state index contributed by atoms with van der Waals surface area (Å²) >= 11 is 0. The van der Waals surface area contributed by atoms with Gasteiger partial charge in [-0.25, -0.2) is 14.8 Å². The van der Waals surface area contributed by atoms with Crippen LogP contribution in [0.1, 0.15) is 57.1 Å². The van der Waals surface area contributed by atoms with Crippen molar-refractivity contribution in [2.45, 2.75) is 63.7 Å². The number of anilines is 1. The van der Waals surface area contributed by atoms with E-state index in [0.29, 0.717) is 49.3 Å². The fraction of sp³-hybridized carbons (Fsp3) is 0.500. The predicted molar refractivity (Wildman–Crippen MR) is 130 cm³/mol. The second-order valence-corrected chi connectivity index (χ2v) is 9.80. The van der Waals surface area contributed by atoms with E-state index in [1.807, 2.05) is 0 Å². The highest BCUT2D eigenvalue weighted by molar-refractivity contribution is 5.59. The minimum atomic E-state index is -4.52. The van der Waals surface area contributed by atoms with Gasteiger partial charge in [0.1, 0.15) is 0 Å². The van der Waals surface area contributed by atoms with Gasteiger partial charge < -0.3 is 10.1 Å². The van der Waals surface area contributed by atoms with Crippen molar-refractivity contribution in [3.63, 3.8) is 0 Å². The summed E-state index contributed by atoms with van der Waals surface area (Å²) in [6, 6.07) is 6.69. The predicted octanol–water partition coefficient (Wildman–Crippen LogP) is 5.46. The molecule has 36 heavy (non-hydrogen) atoms. The third-order valence-corrected chi connectivity index (χ3v) is 7.20. The highest BCUT2D eigenvalue weighted by Crippen LogP contribution is 2.32. The molecule has 192 valence electrons. The van der Waals surface area contributed by atoms with Crippen LogP contribution in [0.5, 0.6) is 0 Å². The zero-order valence-electron chi connectivity index (χ0n) is 20.2. The van der Waals surface area contributed by atoms with Crippen LogP contribution in [0.4, 0.5) is 19.1 Å². The molecule has 2 aliphatic rings. The highest BCUT2D eigenvalue weighted by Gasteiger charge is 2.31. The van der Waals surface area contributed by atoms with Gasteiger partial charge in [-0.05, 0) is 68.7 Å². The number of halogens is 3. The molecule has 2 fully saturated rings. The number of aromatic nitrogens is 4. The van der Waals surface area contributed by atoms with Gasteiger partial charge in [-0.3, -0.25) is 9.13 Å². The Morgan fingerprint density at radius 2 is 1.81 bits per heavy atom. The largest absolute Gasteiger partial charge is 0.416 e. The third kappa shape index (κ3) is 5.18. The maximum Gasteiger partial charge on any atom is 0.416 e. The van der Waals surface area contributed by atoms with E-state index in [0.717, 1.165) is 37.8 Å². The maximum atomic E-state index is 13.6. The molecule has 0 spiro atoms. The van der Waals surface area contributed by atoms with Crippen LogP contribution in [-0.4, -0.2) is 38.4 Å². The number of benzene rings is 1. The number of nitrogens with one attached hydrogen (secondary N) is 1. The molecule has 1 aliphatic carbocycles. The lowest BCUT2D eigenvalue weighted by Crippen LogP contribution is -2.30. The number of hydrogen-bond donors (Lipinski definition) is 1. The molecule has 1 saturated carbocycles. The Hall–Kier alpha value is -3.14. The topological polar surface area (TPSA) is 74.0 Å². The van der Waals surface area contributed by atoms with Crippen LogP contribution in [0, 0.1) is 5.92 Å². The molecule has 0 unspecified atom stereocenters. The smallest absolute Gasteiger partial charge is 0.381 e. The lowest BCUT2D eigenvalue weighted by Gasteiger charge is -2.26. The van der Waals surface area contributed by atoms with E-state index in [1.54, 1.807) is 23.0 Å². The quantitative estimate of drug-likeness (QED) is 0.503. The van der Waals surface area contributed by atoms with Crippen LogP contribution >= 0.6 is 0 Å². The van der Waals surface area contributed by atoms with Gasteiger partial charge in [0.05, 0.1) is 22.6 Å². The number of alkyl halides is 3. The Morgan fingerprint density at radius 1 is 1.06 bits per heavy atom. The summed E-state index contributed by atoms with van der Waals surface area (Å²) in [4.78, 5) is 22.6. The number of rotatable bonds is 5. The summed E-state index contributed by atoms with van der Waals surface area (Å²) < 4.78 is 48.8. The van der Waals surface area contributed by atoms with Crippen LogP contribution in [0.15, 0.2) is 47.5 Å². The second kappa shape index (κ2) is 10.1. The normalized spacial score (nSPS) is 21.4. The van der Waals surface area contributed by atoms with Gasteiger partial charge in [-0.2, -0.15) is 13.2 Å². The number of ether oxygens (including phenoxy) is 1. The molecule has 3 heterocycles. The summed E-state index contributed by atoms with van der Waals surface area (Å²) in [5.41, 5.74) is -0.172. The number of hydrogen-bond acceptors (Lipinski definition) is 5. The van der Waals surface area contributed by atoms with E-state index in [1.165, 1.54) is 16.7 Å². The van der Waals surface area contributed by atoms with E-state index in [4.69, 9.17) is 4.74 Å². The highest BCUT2D eigenvalue weighted by atomic mass is 19.4. The van der Waals surface area contributed by atoms with E-state index in [-0.39, 0.29) is 17.8 Å². The van der Waals surface area contributed by atoms with E-state index < -0.39 is 17.4 Å². The third-order valence-electron chi connectivity index (χ3n) is 7.20. The molecule has 1 aliphatic heterocycles. The molecule has 0 atom stereocenters. The van der Waals surface area contributed by atoms with E-state index in [2.05, 4.69) is 22.2 Å². The molecular weight excluding hydrogens is 471 g/mol. The molecule has 0 amide bonds. The van der Waals surface area contributed by atoms with Crippen molar-refractivity contribution >= 4 is 5.95 Å². The molecule has 1 aromatic carbocycles. The first-order valence-electron chi connectivity index (χ1n) is 12.5. The average molecular weight is 502 g/mol. The molecule has 3 aromatic rings. The Balaban J connectivity index is 1.56. The van der Waals surface area contributed by atoms with Gasteiger partial charge in [0, 0.05) is 37.7 Å². The minimum absolute atomic E-state index is 0.0966. The first-order valence-corrected chi connectivity index (χ1v) is 12.5. The SMILES string of the molecule is C[C@H]1CC[C@H](Nc2nccc(-c3cn(C4CCOCC4)c(=O)n3-c3cccc(C(F)(F)F)c3)n2)CC1. The Labute approximate surface area is 207 Å². The van der Waals surface area contributed by atoms with Gasteiger partial charge in [-0.15, -0.1) is 0 Å². The van der Waals surface area contributed by atoms with E-state index >= 15 is 0 Å². The summed E-state index contributed by atoms with van der Waals surface area (Å²) in [6.45, 7) is 3.31. The molecular formula is C26H30F3N5O2. The summed E-state index contributed by atoms with van der Waals surface area (Å²) in [6.07, 6.45) is 4.45. The van der Waals surface area contributed by atoms with Crippen LogP contribution in [0.3, 0.4) is 0 Å². The van der Waals surface area contributed by atoms with Gasteiger partial charge >= 0.3 is 11.9 Å². The zero-order valence-corrected chi connectivity index (χ0v) is 20.2. The maximum absolute atomic E-state index is 13.6. The van der Waals surface area contributed by atoms with Crippen molar-refractivity contribution in [2.75, 3.05) is 18.5 Å². The minimum Gasteiger partial charge on any atom is -0.381 e.